The van der Waals surface area contributed by atoms with Gasteiger partial charge >= 0.3 is 0 Å². The highest BCUT2D eigenvalue weighted by Gasteiger charge is 1.89. The van der Waals surface area contributed by atoms with Crippen molar-refractivity contribution in [3.8, 4) is 0 Å². The molecule has 0 radical (unpaired) electrons. The standard InChI is InChI=1S/C7H7NS2/c1-2-9-10-7-5-3-4-6-8-7/h2-6H,1H2. The first-order chi connectivity index (χ1) is 4.93. The number of aromatic nitrogens is 1. The molecule has 0 atom stereocenters. The largest absolute Gasteiger partial charge is 0.249 e. The van der Waals surface area contributed by atoms with Gasteiger partial charge in [-0.2, -0.15) is 0 Å². The van der Waals surface area contributed by atoms with Crippen molar-refractivity contribution in [2.24, 2.45) is 0 Å². The van der Waals surface area contributed by atoms with Gasteiger partial charge in [0, 0.05) is 6.20 Å². The van der Waals surface area contributed by atoms with Gasteiger partial charge in [0.25, 0.3) is 0 Å². The molecular weight excluding hydrogens is 162 g/mol. The zero-order valence-corrected chi connectivity index (χ0v) is 6.99. The highest BCUT2D eigenvalue weighted by Crippen LogP contribution is 2.28. The molecule has 1 nitrogen and oxygen atoms in total. The molecule has 0 saturated carbocycles. The van der Waals surface area contributed by atoms with Crippen LogP contribution in [0.25, 0.3) is 0 Å². The third-order valence-corrected chi connectivity index (χ3v) is 2.69. The molecule has 0 aliphatic carbocycles. The number of hydrogen-bond donors (Lipinski definition) is 0. The third-order valence-electron chi connectivity index (χ3n) is 0.839. The predicted octanol–water partition coefficient (Wildman–Crippen LogP) is 2.97. The normalized spacial score (nSPS) is 9.20. The zero-order chi connectivity index (χ0) is 7.23. The monoisotopic (exact) mass is 169 g/mol. The number of pyridine rings is 1. The molecule has 0 saturated heterocycles. The van der Waals surface area contributed by atoms with Gasteiger partial charge in [-0.1, -0.05) is 23.4 Å². The fraction of sp³-hybridized carbons (Fsp3) is 0. The molecule has 0 aromatic carbocycles. The molecule has 0 N–H and O–H groups in total. The summed E-state index contributed by atoms with van der Waals surface area (Å²) in [6.45, 7) is 3.59. The van der Waals surface area contributed by atoms with E-state index in [4.69, 9.17) is 0 Å². The van der Waals surface area contributed by atoms with Crippen LogP contribution in [-0.4, -0.2) is 4.98 Å². The summed E-state index contributed by atoms with van der Waals surface area (Å²) in [5.41, 5.74) is 0. The smallest absolute Gasteiger partial charge is 0.107 e. The van der Waals surface area contributed by atoms with Crippen molar-refractivity contribution in [2.45, 2.75) is 5.03 Å². The zero-order valence-electron chi connectivity index (χ0n) is 5.36. The molecule has 0 spiro atoms. The Balaban J connectivity index is 2.50. The SMILES string of the molecule is C=CSSc1ccccn1. The van der Waals surface area contributed by atoms with Crippen molar-refractivity contribution in [1.29, 1.82) is 0 Å². The van der Waals surface area contributed by atoms with E-state index in [1.54, 1.807) is 33.2 Å². The Labute approximate surface area is 68.3 Å². The lowest BCUT2D eigenvalue weighted by molar-refractivity contribution is 1.14. The lowest BCUT2D eigenvalue weighted by Gasteiger charge is -1.92. The van der Waals surface area contributed by atoms with Gasteiger partial charge in [0.15, 0.2) is 0 Å². The number of nitrogens with zero attached hydrogens (tertiary/aromatic N) is 1. The summed E-state index contributed by atoms with van der Waals surface area (Å²) < 4.78 is 0. The quantitative estimate of drug-likeness (QED) is 0.646. The summed E-state index contributed by atoms with van der Waals surface area (Å²) in [6.07, 6.45) is 1.78. The number of hydrogen-bond acceptors (Lipinski definition) is 3. The third kappa shape index (κ3) is 2.45. The van der Waals surface area contributed by atoms with Crippen LogP contribution >= 0.6 is 21.6 Å². The summed E-state index contributed by atoms with van der Waals surface area (Å²) in [4.78, 5) is 4.11. The topological polar surface area (TPSA) is 12.9 Å². The van der Waals surface area contributed by atoms with E-state index in [9.17, 15) is 0 Å². The van der Waals surface area contributed by atoms with E-state index < -0.39 is 0 Å². The van der Waals surface area contributed by atoms with Crippen LogP contribution < -0.4 is 0 Å². The van der Waals surface area contributed by atoms with E-state index in [0.717, 1.165) is 5.03 Å². The Morgan fingerprint density at radius 1 is 1.50 bits per heavy atom. The van der Waals surface area contributed by atoms with Crippen molar-refractivity contribution in [1.82, 2.24) is 4.98 Å². The highest BCUT2D eigenvalue weighted by molar-refractivity contribution is 8.77. The Morgan fingerprint density at radius 3 is 3.00 bits per heavy atom. The van der Waals surface area contributed by atoms with Crippen molar-refractivity contribution >= 4 is 21.6 Å². The van der Waals surface area contributed by atoms with Gasteiger partial charge in [-0.15, -0.1) is 0 Å². The molecule has 0 aliphatic heterocycles. The molecule has 0 aliphatic rings. The minimum absolute atomic E-state index is 1.02. The van der Waals surface area contributed by atoms with Crippen LogP contribution in [0, 0.1) is 0 Å². The summed E-state index contributed by atoms with van der Waals surface area (Å²) >= 11 is 0. The summed E-state index contributed by atoms with van der Waals surface area (Å²) in [5, 5.41) is 2.81. The molecule has 0 bridgehead atoms. The average molecular weight is 169 g/mol. The maximum absolute atomic E-state index is 4.11. The predicted molar refractivity (Wildman–Crippen MR) is 47.9 cm³/mol. The van der Waals surface area contributed by atoms with E-state index in [1.807, 2.05) is 18.2 Å². The van der Waals surface area contributed by atoms with Crippen molar-refractivity contribution < 1.29 is 0 Å². The van der Waals surface area contributed by atoms with Crippen LogP contribution in [-0.2, 0) is 0 Å². The fourth-order valence-electron chi connectivity index (χ4n) is 0.480. The average Bonchev–Trinajstić information content (AvgIpc) is 2.03. The summed E-state index contributed by atoms with van der Waals surface area (Å²) in [5.74, 6) is 0. The maximum atomic E-state index is 4.11. The summed E-state index contributed by atoms with van der Waals surface area (Å²) in [7, 11) is 3.19. The van der Waals surface area contributed by atoms with E-state index in [2.05, 4.69) is 11.6 Å². The van der Waals surface area contributed by atoms with Gasteiger partial charge in [-0.25, -0.2) is 4.98 Å². The van der Waals surface area contributed by atoms with Gasteiger partial charge in [0.05, 0.1) is 0 Å². The maximum Gasteiger partial charge on any atom is 0.107 e. The first-order valence-corrected chi connectivity index (χ1v) is 5.00. The molecule has 1 rings (SSSR count). The Morgan fingerprint density at radius 2 is 2.40 bits per heavy atom. The van der Waals surface area contributed by atoms with Crippen molar-refractivity contribution in [2.75, 3.05) is 0 Å². The van der Waals surface area contributed by atoms with Gasteiger partial charge in [-0.05, 0) is 28.3 Å². The second-order valence-electron chi connectivity index (χ2n) is 1.51. The molecule has 0 amide bonds. The van der Waals surface area contributed by atoms with Gasteiger partial charge in [0.2, 0.25) is 0 Å². The first kappa shape index (κ1) is 7.69. The fourth-order valence-corrected chi connectivity index (χ4v) is 1.68. The second-order valence-corrected chi connectivity index (χ2v) is 3.70. The van der Waals surface area contributed by atoms with Crippen LogP contribution in [0.1, 0.15) is 0 Å². The minimum Gasteiger partial charge on any atom is -0.249 e. The van der Waals surface area contributed by atoms with Crippen LogP contribution in [0.15, 0.2) is 41.4 Å². The van der Waals surface area contributed by atoms with Gasteiger partial charge < -0.3 is 0 Å². The Kier molecular flexibility index (Phi) is 3.40. The van der Waals surface area contributed by atoms with E-state index >= 15 is 0 Å². The van der Waals surface area contributed by atoms with Crippen LogP contribution in [0.4, 0.5) is 0 Å². The van der Waals surface area contributed by atoms with Crippen LogP contribution in [0.2, 0.25) is 0 Å². The van der Waals surface area contributed by atoms with E-state index in [1.165, 1.54) is 0 Å². The van der Waals surface area contributed by atoms with Gasteiger partial charge in [-0.3, -0.25) is 0 Å². The Hall–Kier alpha value is -0.410. The molecular formula is C7H7NS2. The van der Waals surface area contributed by atoms with Gasteiger partial charge in [0.1, 0.15) is 5.03 Å². The first-order valence-electron chi connectivity index (χ1n) is 2.79. The summed E-state index contributed by atoms with van der Waals surface area (Å²) in [6, 6.07) is 5.85. The van der Waals surface area contributed by atoms with Crippen LogP contribution in [0.3, 0.4) is 0 Å². The molecule has 0 fully saturated rings. The van der Waals surface area contributed by atoms with Crippen LogP contribution in [0.5, 0.6) is 0 Å². The number of rotatable bonds is 3. The van der Waals surface area contributed by atoms with E-state index in [0.29, 0.717) is 0 Å². The molecule has 1 aromatic rings. The van der Waals surface area contributed by atoms with E-state index in [-0.39, 0.29) is 0 Å². The minimum atomic E-state index is 1.02. The molecule has 1 heterocycles. The lowest BCUT2D eigenvalue weighted by Crippen LogP contribution is -1.71. The lowest BCUT2D eigenvalue weighted by atomic mass is 10.5. The van der Waals surface area contributed by atoms with Crippen molar-refractivity contribution in [3.63, 3.8) is 0 Å². The molecule has 10 heavy (non-hydrogen) atoms. The molecule has 3 heteroatoms. The highest BCUT2D eigenvalue weighted by atomic mass is 33.1. The second kappa shape index (κ2) is 4.41. The van der Waals surface area contributed by atoms with Crippen molar-refractivity contribution in [3.05, 3.63) is 36.4 Å². The Bertz CT molecular complexity index is 198. The molecule has 0 unspecified atom stereocenters. The molecule has 52 valence electrons. The molecule has 1 aromatic heterocycles.